The molecular weight excluding hydrogens is 304 g/mol. The third kappa shape index (κ3) is 2.71. The Bertz CT molecular complexity index is 674. The van der Waals surface area contributed by atoms with Crippen LogP contribution in [0.5, 0.6) is 0 Å². The quantitative estimate of drug-likeness (QED) is 0.848. The summed E-state index contributed by atoms with van der Waals surface area (Å²) in [6.45, 7) is 11.7. The first-order valence-electron chi connectivity index (χ1n) is 8.46. The van der Waals surface area contributed by atoms with Crippen LogP contribution in [0, 0.1) is 13.8 Å². The minimum atomic E-state index is -0.843. The van der Waals surface area contributed by atoms with Gasteiger partial charge in [-0.1, -0.05) is 32.9 Å². The number of ether oxygens (including phenoxy) is 1. The van der Waals surface area contributed by atoms with E-state index in [9.17, 15) is 9.59 Å². The number of carbonyl (C=O) groups excluding carboxylic acids is 2. The minimum Gasteiger partial charge on any atom is -0.378 e. The Morgan fingerprint density at radius 3 is 2.33 bits per heavy atom. The largest absolute Gasteiger partial charge is 0.378 e. The van der Waals surface area contributed by atoms with Gasteiger partial charge < -0.3 is 10.1 Å². The van der Waals surface area contributed by atoms with E-state index in [0.29, 0.717) is 19.6 Å². The lowest BCUT2D eigenvalue weighted by Gasteiger charge is -2.24. The number of rotatable bonds is 2. The number of hydrogen-bond acceptors (Lipinski definition) is 3. The molecule has 0 aliphatic carbocycles. The van der Waals surface area contributed by atoms with Gasteiger partial charge in [-0.15, -0.1) is 0 Å². The zero-order valence-electron chi connectivity index (χ0n) is 15.2. The standard InChI is InChI=1S/C19H26N2O3/c1-12-8-14(18(3,4)5)9-13(2)15(12)10-21-16(22)19(20-17(21)23)6-7-24-11-19/h8-9H,6-7,10-11H2,1-5H3,(H,20,23). The third-order valence-electron chi connectivity index (χ3n) is 5.15. The lowest BCUT2D eigenvalue weighted by atomic mass is 9.83. The number of aryl methyl sites for hydroxylation is 2. The fourth-order valence-corrected chi connectivity index (χ4v) is 3.49. The fourth-order valence-electron chi connectivity index (χ4n) is 3.49. The first-order valence-corrected chi connectivity index (χ1v) is 8.46. The monoisotopic (exact) mass is 330 g/mol. The topological polar surface area (TPSA) is 58.6 Å². The molecule has 2 fully saturated rings. The van der Waals surface area contributed by atoms with Crippen molar-refractivity contribution in [2.24, 2.45) is 0 Å². The van der Waals surface area contributed by atoms with Crippen LogP contribution >= 0.6 is 0 Å². The first-order chi connectivity index (χ1) is 11.1. The average Bonchev–Trinajstić information content (AvgIpc) is 3.02. The van der Waals surface area contributed by atoms with E-state index >= 15 is 0 Å². The summed E-state index contributed by atoms with van der Waals surface area (Å²) in [6, 6.07) is 4.01. The molecule has 1 N–H and O–H groups in total. The molecule has 1 aromatic rings. The summed E-state index contributed by atoms with van der Waals surface area (Å²) in [5.74, 6) is -0.163. The number of nitrogens with zero attached hydrogens (tertiary/aromatic N) is 1. The van der Waals surface area contributed by atoms with Gasteiger partial charge in [-0.25, -0.2) is 4.79 Å². The highest BCUT2D eigenvalue weighted by Gasteiger charge is 2.53. The molecule has 0 bridgehead atoms. The van der Waals surface area contributed by atoms with Crippen LogP contribution in [-0.2, 0) is 21.5 Å². The second-order valence-electron chi connectivity index (χ2n) is 8.04. The molecule has 1 unspecified atom stereocenters. The minimum absolute atomic E-state index is 0.0696. The van der Waals surface area contributed by atoms with Crippen molar-refractivity contribution in [2.45, 2.75) is 58.5 Å². The Labute approximate surface area is 143 Å². The van der Waals surface area contributed by atoms with Crippen molar-refractivity contribution < 1.29 is 14.3 Å². The van der Waals surface area contributed by atoms with Crippen molar-refractivity contribution in [1.82, 2.24) is 10.2 Å². The highest BCUT2D eigenvalue weighted by molar-refractivity contribution is 6.07. The van der Waals surface area contributed by atoms with Crippen LogP contribution in [-0.4, -0.2) is 35.6 Å². The van der Waals surface area contributed by atoms with Crippen molar-refractivity contribution in [3.63, 3.8) is 0 Å². The predicted molar refractivity (Wildman–Crippen MR) is 91.9 cm³/mol. The lowest BCUT2D eigenvalue weighted by Crippen LogP contribution is -2.47. The summed E-state index contributed by atoms with van der Waals surface area (Å²) in [5, 5.41) is 2.84. The van der Waals surface area contributed by atoms with E-state index in [-0.39, 0.29) is 24.0 Å². The van der Waals surface area contributed by atoms with Crippen molar-refractivity contribution in [3.05, 3.63) is 34.4 Å². The number of urea groups is 1. The zero-order valence-corrected chi connectivity index (χ0v) is 15.2. The van der Waals surface area contributed by atoms with Crippen molar-refractivity contribution in [3.8, 4) is 0 Å². The molecule has 1 aromatic carbocycles. The van der Waals surface area contributed by atoms with Crippen LogP contribution in [0.1, 0.15) is 49.4 Å². The smallest absolute Gasteiger partial charge is 0.325 e. The number of benzene rings is 1. The maximum absolute atomic E-state index is 12.8. The first kappa shape index (κ1) is 17.0. The Morgan fingerprint density at radius 1 is 1.21 bits per heavy atom. The Morgan fingerprint density at radius 2 is 1.83 bits per heavy atom. The van der Waals surface area contributed by atoms with Gasteiger partial charge in [0.25, 0.3) is 5.91 Å². The molecule has 3 rings (SSSR count). The molecule has 2 heterocycles. The lowest BCUT2D eigenvalue weighted by molar-refractivity contribution is -0.131. The highest BCUT2D eigenvalue weighted by Crippen LogP contribution is 2.31. The SMILES string of the molecule is Cc1cc(C(C)(C)C)cc(C)c1CN1C(=O)NC2(CCOC2)C1=O. The van der Waals surface area contributed by atoms with Crippen LogP contribution in [0.4, 0.5) is 4.79 Å². The van der Waals surface area contributed by atoms with Gasteiger partial charge in [-0.3, -0.25) is 9.69 Å². The summed E-state index contributed by atoms with van der Waals surface area (Å²) >= 11 is 0. The number of carbonyl (C=O) groups is 2. The average molecular weight is 330 g/mol. The highest BCUT2D eigenvalue weighted by atomic mass is 16.5. The molecule has 130 valence electrons. The predicted octanol–water partition coefficient (Wildman–Crippen LogP) is 2.81. The van der Waals surface area contributed by atoms with Crippen LogP contribution in [0.15, 0.2) is 12.1 Å². The van der Waals surface area contributed by atoms with Crippen molar-refractivity contribution in [1.29, 1.82) is 0 Å². The van der Waals surface area contributed by atoms with Gasteiger partial charge in [-0.2, -0.15) is 0 Å². The van der Waals surface area contributed by atoms with Gasteiger partial charge in [-0.05, 0) is 41.5 Å². The van der Waals surface area contributed by atoms with E-state index in [0.717, 1.165) is 16.7 Å². The Hall–Kier alpha value is -1.88. The molecule has 2 aliphatic heterocycles. The summed E-state index contributed by atoms with van der Waals surface area (Å²) < 4.78 is 5.34. The number of hydrogen-bond donors (Lipinski definition) is 1. The van der Waals surface area contributed by atoms with Crippen LogP contribution < -0.4 is 5.32 Å². The van der Waals surface area contributed by atoms with Crippen LogP contribution in [0.3, 0.4) is 0 Å². The zero-order chi connectivity index (χ0) is 17.7. The summed E-state index contributed by atoms with van der Waals surface area (Å²) in [6.07, 6.45) is 0.551. The van der Waals surface area contributed by atoms with Crippen LogP contribution in [0.25, 0.3) is 0 Å². The normalized spacial score (nSPS) is 24.1. The molecule has 0 radical (unpaired) electrons. The van der Waals surface area contributed by atoms with Gasteiger partial charge in [0.05, 0.1) is 13.2 Å². The second kappa shape index (κ2) is 5.59. The maximum atomic E-state index is 12.8. The Balaban J connectivity index is 1.89. The van der Waals surface area contributed by atoms with E-state index in [1.54, 1.807) is 0 Å². The van der Waals surface area contributed by atoms with E-state index in [4.69, 9.17) is 4.74 Å². The molecule has 3 amide bonds. The van der Waals surface area contributed by atoms with Crippen molar-refractivity contribution >= 4 is 11.9 Å². The number of amides is 3. The summed E-state index contributed by atoms with van der Waals surface area (Å²) in [5.41, 5.74) is 3.76. The molecule has 1 spiro atoms. The molecule has 2 saturated heterocycles. The van der Waals surface area contributed by atoms with Crippen LogP contribution in [0.2, 0.25) is 0 Å². The molecule has 5 nitrogen and oxygen atoms in total. The van der Waals surface area contributed by atoms with Gasteiger partial charge in [0.1, 0.15) is 5.54 Å². The third-order valence-corrected chi connectivity index (χ3v) is 5.15. The second-order valence-corrected chi connectivity index (χ2v) is 8.04. The molecule has 1 atom stereocenters. The van der Waals surface area contributed by atoms with Gasteiger partial charge in [0, 0.05) is 13.0 Å². The number of nitrogens with one attached hydrogen (secondary N) is 1. The molecule has 5 heteroatoms. The maximum Gasteiger partial charge on any atom is 0.325 e. The van der Waals surface area contributed by atoms with Crippen molar-refractivity contribution in [2.75, 3.05) is 13.2 Å². The Kier molecular flexibility index (Phi) is 3.95. The van der Waals surface area contributed by atoms with Gasteiger partial charge in [0.15, 0.2) is 0 Å². The van der Waals surface area contributed by atoms with E-state index in [1.807, 2.05) is 13.8 Å². The van der Waals surface area contributed by atoms with Gasteiger partial charge in [0.2, 0.25) is 0 Å². The van der Waals surface area contributed by atoms with E-state index in [1.165, 1.54) is 10.5 Å². The van der Waals surface area contributed by atoms with E-state index < -0.39 is 5.54 Å². The summed E-state index contributed by atoms with van der Waals surface area (Å²) in [7, 11) is 0. The fraction of sp³-hybridized carbons (Fsp3) is 0.579. The molecule has 0 saturated carbocycles. The summed E-state index contributed by atoms with van der Waals surface area (Å²) in [4.78, 5) is 26.4. The van der Waals surface area contributed by atoms with E-state index in [2.05, 4.69) is 38.2 Å². The molecule has 2 aliphatic rings. The molecule has 0 aromatic heterocycles. The molecular formula is C19H26N2O3. The van der Waals surface area contributed by atoms with Gasteiger partial charge >= 0.3 is 6.03 Å². The molecule has 24 heavy (non-hydrogen) atoms. The number of imide groups is 1.